The molecule has 8 nitrogen and oxygen atoms in total. The standard InChI is InChI=1S/C24H27FN6O2/c1-4-15-8-18-19(29-23(15)32)7-14(10-27-18)12-30-5-6-31(22-13(2)21(22)30)16-9-17(25)20(28-11-16)24(33)26-3/h7-11,13,21-22H,4-6,12H2,1-3H3,(H,26,33)(H,29,32)/t13-,21?,22?/m0/s1. The van der Waals surface area contributed by atoms with Crippen molar-refractivity contribution in [3.05, 3.63) is 63.6 Å². The van der Waals surface area contributed by atoms with Crippen molar-refractivity contribution < 1.29 is 9.18 Å². The SMILES string of the molecule is CCc1cc2ncc(CN3CCN(c4cnc(C(=O)NC)c(F)c4)C4C3[C@@H]4C)cc2[nH]c1=O. The molecular weight excluding hydrogens is 423 g/mol. The third kappa shape index (κ3) is 3.76. The number of carbonyl (C=O) groups is 1. The molecule has 2 N–H and O–H groups in total. The van der Waals surface area contributed by atoms with Crippen molar-refractivity contribution in [3.63, 3.8) is 0 Å². The third-order valence-electron chi connectivity index (χ3n) is 6.89. The molecule has 1 amide bonds. The number of aromatic nitrogens is 3. The minimum absolute atomic E-state index is 0.0586. The largest absolute Gasteiger partial charge is 0.364 e. The van der Waals surface area contributed by atoms with Crippen LogP contribution in [0.25, 0.3) is 11.0 Å². The van der Waals surface area contributed by atoms with Crippen LogP contribution in [0, 0.1) is 11.7 Å². The summed E-state index contributed by atoms with van der Waals surface area (Å²) in [6.45, 7) is 6.45. The van der Waals surface area contributed by atoms with E-state index in [1.165, 1.54) is 13.1 Å². The second kappa shape index (κ2) is 8.22. The van der Waals surface area contributed by atoms with Gasteiger partial charge in [0, 0.05) is 56.6 Å². The second-order valence-corrected chi connectivity index (χ2v) is 8.86. The Morgan fingerprint density at radius 3 is 2.76 bits per heavy atom. The summed E-state index contributed by atoms with van der Waals surface area (Å²) in [6.07, 6.45) is 4.14. The van der Waals surface area contributed by atoms with Gasteiger partial charge in [-0.1, -0.05) is 13.8 Å². The zero-order chi connectivity index (χ0) is 23.3. The molecule has 5 rings (SSSR count). The number of hydrogen-bond acceptors (Lipinski definition) is 6. The summed E-state index contributed by atoms with van der Waals surface area (Å²) >= 11 is 0. The number of nitrogens with one attached hydrogen (secondary N) is 2. The fourth-order valence-electron chi connectivity index (χ4n) is 5.08. The highest BCUT2D eigenvalue weighted by atomic mass is 19.1. The van der Waals surface area contributed by atoms with Crippen molar-refractivity contribution in [1.29, 1.82) is 0 Å². The molecule has 3 aromatic rings. The molecule has 0 spiro atoms. The van der Waals surface area contributed by atoms with E-state index in [1.807, 2.05) is 25.3 Å². The van der Waals surface area contributed by atoms with E-state index in [-0.39, 0.29) is 17.3 Å². The molecule has 2 aliphatic rings. The van der Waals surface area contributed by atoms with Gasteiger partial charge in [-0.25, -0.2) is 9.37 Å². The molecule has 2 fully saturated rings. The summed E-state index contributed by atoms with van der Waals surface area (Å²) in [7, 11) is 1.46. The van der Waals surface area contributed by atoms with Gasteiger partial charge in [0.25, 0.3) is 11.5 Å². The minimum Gasteiger partial charge on any atom is -0.364 e. The van der Waals surface area contributed by atoms with Gasteiger partial charge in [0.05, 0.1) is 22.9 Å². The van der Waals surface area contributed by atoms with Gasteiger partial charge < -0.3 is 15.2 Å². The van der Waals surface area contributed by atoms with E-state index in [4.69, 9.17) is 0 Å². The van der Waals surface area contributed by atoms with Gasteiger partial charge in [-0.2, -0.15) is 0 Å². The van der Waals surface area contributed by atoms with Crippen LogP contribution in [0.5, 0.6) is 0 Å². The Labute approximate surface area is 190 Å². The molecule has 0 bridgehead atoms. The van der Waals surface area contributed by atoms with Crippen molar-refractivity contribution in [2.75, 3.05) is 25.0 Å². The van der Waals surface area contributed by atoms with Crippen LogP contribution in [-0.4, -0.2) is 58.0 Å². The predicted molar refractivity (Wildman–Crippen MR) is 124 cm³/mol. The summed E-state index contributed by atoms with van der Waals surface area (Å²) < 4.78 is 14.5. The molecule has 3 atom stereocenters. The van der Waals surface area contributed by atoms with E-state index in [0.717, 1.165) is 41.8 Å². The number of nitrogens with zero attached hydrogens (tertiary/aromatic N) is 4. The van der Waals surface area contributed by atoms with Gasteiger partial charge in [-0.15, -0.1) is 0 Å². The van der Waals surface area contributed by atoms with Crippen LogP contribution in [-0.2, 0) is 13.0 Å². The molecule has 2 unspecified atom stereocenters. The Balaban J connectivity index is 1.32. The molecule has 1 aliphatic carbocycles. The molecule has 1 aliphatic heterocycles. The highest BCUT2D eigenvalue weighted by molar-refractivity contribution is 5.92. The van der Waals surface area contributed by atoms with E-state index in [2.05, 4.69) is 37.0 Å². The first-order valence-corrected chi connectivity index (χ1v) is 11.3. The Morgan fingerprint density at radius 2 is 2.03 bits per heavy atom. The van der Waals surface area contributed by atoms with Crippen molar-refractivity contribution in [2.24, 2.45) is 5.92 Å². The number of piperazine rings is 1. The summed E-state index contributed by atoms with van der Waals surface area (Å²) in [6, 6.07) is 5.89. The van der Waals surface area contributed by atoms with E-state index in [1.54, 1.807) is 6.20 Å². The van der Waals surface area contributed by atoms with Crippen molar-refractivity contribution in [2.45, 2.75) is 38.9 Å². The average Bonchev–Trinajstić information content (AvgIpc) is 3.49. The maximum atomic E-state index is 14.5. The van der Waals surface area contributed by atoms with Crippen LogP contribution < -0.4 is 15.8 Å². The molecule has 0 radical (unpaired) electrons. The van der Waals surface area contributed by atoms with E-state index < -0.39 is 11.7 Å². The van der Waals surface area contributed by atoms with Crippen LogP contribution in [0.15, 0.2) is 35.4 Å². The minimum atomic E-state index is -0.610. The first-order chi connectivity index (χ1) is 15.9. The monoisotopic (exact) mass is 450 g/mol. The van der Waals surface area contributed by atoms with Gasteiger partial charge in [0.15, 0.2) is 11.5 Å². The number of rotatable bonds is 5. The third-order valence-corrected chi connectivity index (χ3v) is 6.89. The summed E-state index contributed by atoms with van der Waals surface area (Å²) in [4.78, 5) is 40.1. The zero-order valence-electron chi connectivity index (χ0n) is 18.9. The highest BCUT2D eigenvalue weighted by Crippen LogP contribution is 2.45. The van der Waals surface area contributed by atoms with Gasteiger partial charge >= 0.3 is 0 Å². The molecular formula is C24H27FN6O2. The quantitative estimate of drug-likeness (QED) is 0.618. The Bertz CT molecular complexity index is 1290. The molecule has 0 aromatic carbocycles. The van der Waals surface area contributed by atoms with Crippen molar-refractivity contribution in [1.82, 2.24) is 25.2 Å². The summed E-state index contributed by atoms with van der Waals surface area (Å²) in [5.41, 5.74) is 3.80. The molecule has 9 heteroatoms. The maximum absolute atomic E-state index is 14.5. The van der Waals surface area contributed by atoms with Crippen molar-refractivity contribution >= 4 is 22.6 Å². The van der Waals surface area contributed by atoms with Crippen LogP contribution in [0.2, 0.25) is 0 Å². The summed E-state index contributed by atoms with van der Waals surface area (Å²) in [5, 5.41) is 2.41. The van der Waals surface area contributed by atoms with E-state index >= 15 is 0 Å². The molecule has 4 heterocycles. The first-order valence-electron chi connectivity index (χ1n) is 11.3. The average molecular weight is 451 g/mol. The number of anilines is 1. The number of aromatic amines is 1. The Kier molecular flexibility index (Phi) is 5.36. The highest BCUT2D eigenvalue weighted by Gasteiger charge is 2.56. The zero-order valence-corrected chi connectivity index (χ0v) is 18.9. The number of aryl methyl sites for hydroxylation is 1. The van der Waals surface area contributed by atoms with Gasteiger partial charge in [0.2, 0.25) is 0 Å². The fourth-order valence-corrected chi connectivity index (χ4v) is 5.08. The van der Waals surface area contributed by atoms with Crippen molar-refractivity contribution in [3.8, 4) is 0 Å². The number of hydrogen-bond donors (Lipinski definition) is 2. The fraction of sp³-hybridized carbons (Fsp3) is 0.417. The lowest BCUT2D eigenvalue weighted by atomic mass is 10.1. The molecule has 1 saturated carbocycles. The number of carbonyl (C=O) groups excluding carboxylic acids is 1. The predicted octanol–water partition coefficient (Wildman–Crippen LogP) is 2.09. The van der Waals surface area contributed by atoms with Crippen LogP contribution in [0.4, 0.5) is 10.1 Å². The van der Waals surface area contributed by atoms with E-state index in [0.29, 0.717) is 24.1 Å². The lowest BCUT2D eigenvalue weighted by Crippen LogP contribution is -2.46. The molecule has 33 heavy (non-hydrogen) atoms. The smallest absolute Gasteiger partial charge is 0.272 e. The first kappa shape index (κ1) is 21.5. The van der Waals surface area contributed by atoms with Crippen LogP contribution >= 0.6 is 0 Å². The van der Waals surface area contributed by atoms with E-state index in [9.17, 15) is 14.0 Å². The number of pyridine rings is 3. The molecule has 3 aromatic heterocycles. The molecule has 1 saturated heterocycles. The lowest BCUT2D eigenvalue weighted by Gasteiger charge is -2.35. The number of halogens is 1. The Morgan fingerprint density at radius 1 is 1.21 bits per heavy atom. The van der Waals surface area contributed by atoms with Gasteiger partial charge in [0.1, 0.15) is 0 Å². The molecule has 172 valence electrons. The number of fused-ring (bicyclic) bond motifs is 2. The normalized spacial score (nSPS) is 22.3. The topological polar surface area (TPSA) is 94.2 Å². The van der Waals surface area contributed by atoms with Crippen LogP contribution in [0.1, 0.15) is 35.5 Å². The Hall–Kier alpha value is -3.33. The summed E-state index contributed by atoms with van der Waals surface area (Å²) in [5.74, 6) is -0.714. The second-order valence-electron chi connectivity index (χ2n) is 8.86. The van der Waals surface area contributed by atoms with Gasteiger partial charge in [-0.05, 0) is 30.0 Å². The number of amides is 1. The lowest BCUT2D eigenvalue weighted by molar-refractivity contribution is 0.0953. The number of H-pyrrole nitrogens is 1. The van der Waals surface area contributed by atoms with Gasteiger partial charge in [-0.3, -0.25) is 19.5 Å². The maximum Gasteiger partial charge on any atom is 0.272 e. The van der Waals surface area contributed by atoms with Crippen LogP contribution in [0.3, 0.4) is 0 Å².